The number of benzene rings is 2. The van der Waals surface area contributed by atoms with Gasteiger partial charge in [0.2, 0.25) is 23.6 Å². The number of fused-ring (bicyclic) bond motifs is 4. The van der Waals surface area contributed by atoms with Gasteiger partial charge in [-0.25, -0.2) is 9.29 Å². The maximum Gasteiger partial charge on any atom is 0.241 e. The van der Waals surface area contributed by atoms with Crippen molar-refractivity contribution in [3.8, 4) is 11.5 Å². The Kier molecular flexibility index (Phi) is 6.71. The number of phenols is 1. The van der Waals surface area contributed by atoms with E-state index in [2.05, 4.69) is 0 Å². The number of amides is 4. The Morgan fingerprint density at radius 1 is 1.07 bits per heavy atom. The molecule has 3 heterocycles. The Balaban J connectivity index is 1.36. The first-order chi connectivity index (χ1) is 21.1. The molecule has 0 bridgehead atoms. The van der Waals surface area contributed by atoms with Gasteiger partial charge in [-0.1, -0.05) is 35.4 Å². The number of hydrogen-bond acceptors (Lipinski definition) is 7. The first kappa shape index (κ1) is 28.7. The highest BCUT2D eigenvalue weighted by atomic mass is 35.5. The van der Waals surface area contributed by atoms with Gasteiger partial charge >= 0.3 is 0 Å². The number of carbonyl (C=O) groups excluding carboxylic acids is 4. The number of carbonyl (C=O) groups is 4. The van der Waals surface area contributed by atoms with Crippen molar-refractivity contribution in [3.05, 3.63) is 86.8 Å². The molecule has 4 aliphatic rings. The van der Waals surface area contributed by atoms with Crippen LogP contribution in [0.3, 0.4) is 0 Å². The Labute approximate surface area is 261 Å². The summed E-state index contributed by atoms with van der Waals surface area (Å²) in [6, 6.07) is 12.3. The Morgan fingerprint density at radius 3 is 2.57 bits per heavy atom. The summed E-state index contributed by atoms with van der Waals surface area (Å²) >= 11 is 7.53. The van der Waals surface area contributed by atoms with Crippen molar-refractivity contribution in [2.24, 2.45) is 29.1 Å². The van der Waals surface area contributed by atoms with Crippen molar-refractivity contribution in [1.29, 1.82) is 0 Å². The van der Waals surface area contributed by atoms with E-state index in [0.29, 0.717) is 12.0 Å². The molecule has 4 amide bonds. The van der Waals surface area contributed by atoms with Crippen LogP contribution in [0.1, 0.15) is 36.1 Å². The molecule has 1 N–H and O–H groups in total. The molecule has 2 aromatic carbocycles. The molecule has 0 radical (unpaired) electrons. The van der Waals surface area contributed by atoms with Gasteiger partial charge in [-0.2, -0.15) is 0 Å². The second-order valence-electron chi connectivity index (χ2n) is 12.0. The van der Waals surface area contributed by atoms with Crippen molar-refractivity contribution in [1.82, 2.24) is 4.90 Å². The molecular weight excluding hydrogens is 607 g/mol. The van der Waals surface area contributed by atoms with Gasteiger partial charge in [0.1, 0.15) is 5.82 Å². The molecule has 2 aliphatic carbocycles. The standard InChI is InChI=1S/C33H28ClFN2O6S/c1-33-22(30(40)37(32(33)42)17-6-9-24(35)23(34)13-17)14-21-19(28(33)16-5-10-25(38)26(12-16)43-2)7-8-20-27(21)31(41)36(29(20)39)15-18-4-3-11-44-18/h3-7,9-13,20-22,27-28,38H,8,14-15H2,1-2H3/t20-,21+,22-,27-,28-,33+/m0/s1. The Hall–Kier alpha value is -4.02. The molecule has 8 nitrogen and oxygen atoms in total. The second kappa shape index (κ2) is 10.3. The fraction of sp³-hybridized carbons (Fsp3) is 0.333. The van der Waals surface area contributed by atoms with E-state index in [1.807, 2.05) is 23.6 Å². The molecule has 2 saturated heterocycles. The molecule has 1 saturated carbocycles. The number of methoxy groups -OCH3 is 1. The molecule has 11 heteroatoms. The van der Waals surface area contributed by atoms with Gasteiger partial charge in [0, 0.05) is 10.8 Å². The number of nitrogens with zero attached hydrogens (tertiary/aromatic N) is 2. The minimum atomic E-state index is -1.29. The number of likely N-dealkylation sites (tertiary alicyclic amines) is 1. The molecule has 0 unspecified atom stereocenters. The number of allylic oxidation sites excluding steroid dienone is 2. The molecule has 0 spiro atoms. The van der Waals surface area contributed by atoms with Crippen LogP contribution in [0.25, 0.3) is 0 Å². The van der Waals surface area contributed by atoms with E-state index < -0.39 is 52.6 Å². The van der Waals surface area contributed by atoms with Crippen LogP contribution in [-0.4, -0.2) is 40.7 Å². The quantitative estimate of drug-likeness (QED) is 0.286. The fourth-order valence-corrected chi connectivity index (χ4v) is 8.79. The zero-order valence-electron chi connectivity index (χ0n) is 23.8. The van der Waals surface area contributed by atoms with Gasteiger partial charge in [-0.3, -0.25) is 24.1 Å². The van der Waals surface area contributed by atoms with Crippen LogP contribution in [0.5, 0.6) is 11.5 Å². The number of phenolic OH excluding ortho intramolecular Hbond substituents is 1. The summed E-state index contributed by atoms with van der Waals surface area (Å²) in [6.45, 7) is 1.95. The van der Waals surface area contributed by atoms with Gasteiger partial charge < -0.3 is 9.84 Å². The highest BCUT2D eigenvalue weighted by Crippen LogP contribution is 2.64. The Morgan fingerprint density at radius 2 is 1.86 bits per heavy atom. The number of imide groups is 2. The van der Waals surface area contributed by atoms with E-state index in [4.69, 9.17) is 16.3 Å². The van der Waals surface area contributed by atoms with E-state index in [0.717, 1.165) is 21.4 Å². The van der Waals surface area contributed by atoms with Crippen molar-refractivity contribution in [2.45, 2.75) is 32.2 Å². The van der Waals surface area contributed by atoms with Crippen LogP contribution >= 0.6 is 22.9 Å². The molecular formula is C33H28ClFN2O6S. The van der Waals surface area contributed by atoms with Crippen molar-refractivity contribution < 1.29 is 33.4 Å². The lowest BCUT2D eigenvalue weighted by Gasteiger charge is -2.49. The summed E-state index contributed by atoms with van der Waals surface area (Å²) in [5, 5.41) is 12.1. The maximum absolute atomic E-state index is 14.5. The predicted octanol–water partition coefficient (Wildman–Crippen LogP) is 5.69. The van der Waals surface area contributed by atoms with Crippen LogP contribution in [-0.2, 0) is 25.7 Å². The monoisotopic (exact) mass is 634 g/mol. The summed E-state index contributed by atoms with van der Waals surface area (Å²) in [5.41, 5.74) is 0.316. The van der Waals surface area contributed by atoms with Crippen molar-refractivity contribution in [2.75, 3.05) is 12.0 Å². The first-order valence-electron chi connectivity index (χ1n) is 14.3. The maximum atomic E-state index is 14.5. The third kappa shape index (κ3) is 4.00. The first-order valence-corrected chi connectivity index (χ1v) is 15.6. The zero-order valence-corrected chi connectivity index (χ0v) is 25.4. The summed E-state index contributed by atoms with van der Waals surface area (Å²) < 4.78 is 19.5. The molecule has 6 atom stereocenters. The number of thiophene rings is 1. The largest absolute Gasteiger partial charge is 0.504 e. The number of halogens is 2. The Bertz CT molecular complexity index is 1780. The molecule has 44 heavy (non-hydrogen) atoms. The van der Waals surface area contributed by atoms with Crippen LogP contribution < -0.4 is 9.64 Å². The van der Waals surface area contributed by atoms with Crippen LogP contribution in [0.15, 0.2) is 65.6 Å². The average molecular weight is 635 g/mol. The summed E-state index contributed by atoms with van der Waals surface area (Å²) in [4.78, 5) is 59.6. The highest BCUT2D eigenvalue weighted by molar-refractivity contribution is 7.09. The van der Waals surface area contributed by atoms with Gasteiger partial charge in [-0.15, -0.1) is 11.3 Å². The van der Waals surface area contributed by atoms with E-state index >= 15 is 0 Å². The summed E-state index contributed by atoms with van der Waals surface area (Å²) in [7, 11) is 1.42. The minimum absolute atomic E-state index is 0.0832. The lowest BCUT2D eigenvalue weighted by atomic mass is 9.51. The van der Waals surface area contributed by atoms with Crippen LogP contribution in [0.4, 0.5) is 10.1 Å². The van der Waals surface area contributed by atoms with E-state index in [-0.39, 0.29) is 47.0 Å². The number of anilines is 1. The predicted molar refractivity (Wildman–Crippen MR) is 161 cm³/mol. The molecule has 1 aromatic heterocycles. The fourth-order valence-electron chi connectivity index (χ4n) is 7.92. The number of aromatic hydroxyl groups is 1. The summed E-state index contributed by atoms with van der Waals surface area (Å²) in [6.07, 6.45) is 2.48. The third-order valence-electron chi connectivity index (χ3n) is 9.96. The van der Waals surface area contributed by atoms with E-state index in [9.17, 15) is 28.7 Å². The lowest BCUT2D eigenvalue weighted by Crippen LogP contribution is -2.48. The third-order valence-corrected chi connectivity index (χ3v) is 11.1. The second-order valence-corrected chi connectivity index (χ2v) is 13.5. The van der Waals surface area contributed by atoms with Gasteiger partial charge in [-0.05, 0) is 73.0 Å². The van der Waals surface area contributed by atoms with Crippen LogP contribution in [0.2, 0.25) is 5.02 Å². The number of hydrogen-bond donors (Lipinski definition) is 1. The molecule has 7 rings (SSSR count). The molecule has 3 aromatic rings. The molecule has 2 aliphatic heterocycles. The number of ether oxygens (including phenoxy) is 1. The SMILES string of the molecule is COc1cc([C@H]2C3=CC[C@@H]4C(=O)N(Cc5cccs5)C(=O)[C@@H]4[C@@H]3C[C@H]3C(=O)N(c4ccc(F)c(Cl)c4)C(=O)[C@@]23C)ccc1O. The zero-order chi connectivity index (χ0) is 31.1. The van der Waals surface area contributed by atoms with Gasteiger partial charge in [0.05, 0.1) is 47.5 Å². The normalized spacial score (nSPS) is 29.5. The van der Waals surface area contributed by atoms with Gasteiger partial charge in [0.15, 0.2) is 11.5 Å². The topological polar surface area (TPSA) is 104 Å². The van der Waals surface area contributed by atoms with Gasteiger partial charge in [0.25, 0.3) is 0 Å². The van der Waals surface area contributed by atoms with E-state index in [1.165, 1.54) is 41.5 Å². The summed E-state index contributed by atoms with van der Waals surface area (Å²) in [5.74, 6) is -5.23. The molecule has 226 valence electrons. The minimum Gasteiger partial charge on any atom is -0.504 e. The molecule has 3 fully saturated rings. The number of rotatable bonds is 5. The van der Waals surface area contributed by atoms with Crippen molar-refractivity contribution >= 4 is 52.3 Å². The average Bonchev–Trinajstić information content (AvgIpc) is 3.66. The van der Waals surface area contributed by atoms with Crippen molar-refractivity contribution in [3.63, 3.8) is 0 Å². The highest BCUT2D eigenvalue weighted by Gasteiger charge is 2.67. The lowest BCUT2D eigenvalue weighted by molar-refractivity contribution is -0.141. The smallest absolute Gasteiger partial charge is 0.241 e. The van der Waals surface area contributed by atoms with E-state index in [1.54, 1.807) is 19.1 Å². The van der Waals surface area contributed by atoms with Crippen LogP contribution in [0, 0.1) is 34.9 Å².